The van der Waals surface area contributed by atoms with Gasteiger partial charge in [0.15, 0.2) is 0 Å². The number of ether oxygens (including phenoxy) is 2. The van der Waals surface area contributed by atoms with E-state index in [9.17, 15) is 27.6 Å². The summed E-state index contributed by atoms with van der Waals surface area (Å²) < 4.78 is 54.8. The van der Waals surface area contributed by atoms with Crippen molar-refractivity contribution in [2.75, 3.05) is 17.3 Å². The SMILES string of the molecule is CN1C(=O)[C@]2(OC(=O)[C@H](c3ccccc3NC(=O)OC(C)(C)C)[C@H]2C(F)(F)F)c2cc(Cl)ccc21. The van der Waals surface area contributed by atoms with E-state index in [0.717, 1.165) is 4.90 Å². The number of para-hydroxylation sites is 1. The second-order valence-corrected chi connectivity index (χ2v) is 9.83. The van der Waals surface area contributed by atoms with Crippen LogP contribution >= 0.6 is 11.6 Å². The van der Waals surface area contributed by atoms with Crippen molar-refractivity contribution in [1.29, 1.82) is 0 Å². The quantitative estimate of drug-likeness (QED) is 0.548. The molecule has 11 heteroatoms. The van der Waals surface area contributed by atoms with Crippen molar-refractivity contribution in [2.24, 2.45) is 5.92 Å². The molecule has 2 heterocycles. The van der Waals surface area contributed by atoms with Crippen molar-refractivity contribution in [3.8, 4) is 0 Å². The minimum absolute atomic E-state index is 0.0693. The van der Waals surface area contributed by atoms with Crippen molar-refractivity contribution in [3.63, 3.8) is 0 Å². The standard InChI is InChI=1S/C24H22ClF3N2O5/c1-22(2,3)35-21(33)29-15-8-6-5-7-13(15)17-18(24(26,27)28)23(34-19(17)31)14-11-12(25)9-10-16(14)30(4)20(23)32/h5-11,17-18H,1-4H3,(H,29,33)/t17-,18-,23+/m1/s1. The van der Waals surface area contributed by atoms with Crippen molar-refractivity contribution < 1.29 is 37.0 Å². The van der Waals surface area contributed by atoms with Gasteiger partial charge in [-0.15, -0.1) is 0 Å². The highest BCUT2D eigenvalue weighted by Crippen LogP contribution is 2.61. The number of hydrogen-bond acceptors (Lipinski definition) is 5. The van der Waals surface area contributed by atoms with E-state index in [2.05, 4.69) is 5.32 Å². The van der Waals surface area contributed by atoms with E-state index in [1.807, 2.05) is 0 Å². The van der Waals surface area contributed by atoms with Crippen molar-refractivity contribution >= 4 is 40.9 Å². The molecule has 7 nitrogen and oxygen atoms in total. The number of benzene rings is 2. The van der Waals surface area contributed by atoms with Crippen LogP contribution in [-0.2, 0) is 24.7 Å². The lowest BCUT2D eigenvalue weighted by Gasteiger charge is -2.31. The number of nitrogens with zero attached hydrogens (tertiary/aromatic N) is 1. The smallest absolute Gasteiger partial charge is 0.412 e. The normalized spacial score (nSPS) is 23.9. The average molecular weight is 511 g/mol. The molecule has 186 valence electrons. The highest BCUT2D eigenvalue weighted by Gasteiger charge is 2.74. The first-order valence-corrected chi connectivity index (χ1v) is 11.0. The number of hydrogen-bond donors (Lipinski definition) is 1. The second kappa shape index (κ2) is 8.15. The average Bonchev–Trinajstić information content (AvgIpc) is 3.14. The molecular formula is C24H22ClF3N2O5. The number of halogens is 4. The Bertz CT molecular complexity index is 1230. The van der Waals surface area contributed by atoms with Crippen LogP contribution in [0, 0.1) is 5.92 Å². The van der Waals surface area contributed by atoms with Crippen LogP contribution in [0.25, 0.3) is 0 Å². The molecular weight excluding hydrogens is 489 g/mol. The first-order valence-electron chi connectivity index (χ1n) is 10.6. The maximum absolute atomic E-state index is 14.7. The van der Waals surface area contributed by atoms with E-state index in [4.69, 9.17) is 21.1 Å². The highest BCUT2D eigenvalue weighted by molar-refractivity contribution is 6.31. The van der Waals surface area contributed by atoms with Gasteiger partial charge < -0.3 is 14.4 Å². The Labute approximate surface area is 204 Å². The minimum atomic E-state index is -5.05. The molecule has 2 amide bonds. The molecule has 0 unspecified atom stereocenters. The number of carbonyl (C=O) groups is 3. The van der Waals surface area contributed by atoms with E-state index < -0.39 is 47.2 Å². The Morgan fingerprint density at radius 3 is 2.43 bits per heavy atom. The topological polar surface area (TPSA) is 84.9 Å². The Morgan fingerprint density at radius 2 is 1.80 bits per heavy atom. The van der Waals surface area contributed by atoms with Gasteiger partial charge in [0.05, 0.1) is 5.69 Å². The Hall–Kier alpha value is -3.27. The fourth-order valence-corrected chi connectivity index (χ4v) is 4.82. The van der Waals surface area contributed by atoms with Gasteiger partial charge in [-0.05, 0) is 50.6 Å². The summed E-state index contributed by atoms with van der Waals surface area (Å²) in [6, 6.07) is 9.57. The summed E-state index contributed by atoms with van der Waals surface area (Å²) in [6.07, 6.45) is -5.96. The third kappa shape index (κ3) is 4.09. The number of rotatable bonds is 2. The summed E-state index contributed by atoms with van der Waals surface area (Å²) in [5.41, 5.74) is -3.74. The molecule has 1 N–H and O–H groups in total. The van der Waals surface area contributed by atoms with Crippen LogP contribution in [-0.4, -0.2) is 36.8 Å². The minimum Gasteiger partial charge on any atom is -0.444 e. The van der Waals surface area contributed by atoms with Gasteiger partial charge in [-0.3, -0.25) is 14.9 Å². The number of carbonyl (C=O) groups excluding carboxylic acids is 3. The fourth-order valence-electron chi connectivity index (χ4n) is 4.65. The van der Waals surface area contributed by atoms with Gasteiger partial charge in [-0.2, -0.15) is 13.2 Å². The number of fused-ring (bicyclic) bond motifs is 2. The van der Waals surface area contributed by atoms with E-state index >= 15 is 0 Å². The zero-order valence-corrected chi connectivity index (χ0v) is 20.0. The van der Waals surface area contributed by atoms with Gasteiger partial charge in [0, 0.05) is 23.3 Å². The van der Waals surface area contributed by atoms with Gasteiger partial charge in [0.1, 0.15) is 17.4 Å². The van der Waals surface area contributed by atoms with Gasteiger partial charge >= 0.3 is 18.2 Å². The van der Waals surface area contributed by atoms with Crippen LogP contribution in [0.15, 0.2) is 42.5 Å². The van der Waals surface area contributed by atoms with Gasteiger partial charge in [0.25, 0.3) is 5.91 Å². The Kier molecular flexibility index (Phi) is 5.78. The maximum atomic E-state index is 14.7. The van der Waals surface area contributed by atoms with Crippen LogP contribution in [0.3, 0.4) is 0 Å². The fraction of sp³-hybridized carbons (Fsp3) is 0.375. The van der Waals surface area contributed by atoms with Gasteiger partial charge in [-0.25, -0.2) is 4.79 Å². The maximum Gasteiger partial charge on any atom is 0.412 e. The molecule has 1 fully saturated rings. The summed E-state index contributed by atoms with van der Waals surface area (Å²) >= 11 is 6.05. The van der Waals surface area contributed by atoms with Crippen LogP contribution in [0.5, 0.6) is 0 Å². The first kappa shape index (κ1) is 24.8. The molecule has 2 aliphatic heterocycles. The molecule has 35 heavy (non-hydrogen) atoms. The third-order valence-electron chi connectivity index (χ3n) is 5.91. The number of amides is 2. The summed E-state index contributed by atoms with van der Waals surface area (Å²) in [5.74, 6) is -6.81. The molecule has 0 bridgehead atoms. The lowest BCUT2D eigenvalue weighted by Crippen LogP contribution is -2.49. The Morgan fingerprint density at radius 1 is 1.14 bits per heavy atom. The van der Waals surface area contributed by atoms with E-state index in [-0.39, 0.29) is 27.5 Å². The van der Waals surface area contributed by atoms with Crippen LogP contribution in [0.2, 0.25) is 5.02 Å². The lowest BCUT2D eigenvalue weighted by molar-refractivity contribution is -0.213. The highest BCUT2D eigenvalue weighted by atomic mass is 35.5. The zero-order valence-electron chi connectivity index (χ0n) is 19.2. The molecule has 2 aromatic carbocycles. The molecule has 0 aromatic heterocycles. The third-order valence-corrected chi connectivity index (χ3v) is 6.15. The molecule has 2 aliphatic rings. The first-order chi connectivity index (χ1) is 16.2. The number of alkyl halides is 3. The van der Waals surface area contributed by atoms with Crippen molar-refractivity contribution in [3.05, 3.63) is 58.6 Å². The predicted octanol–water partition coefficient (Wildman–Crippen LogP) is 5.38. The molecule has 1 spiro atoms. The van der Waals surface area contributed by atoms with E-state index in [1.165, 1.54) is 49.5 Å². The molecule has 4 rings (SSSR count). The summed E-state index contributed by atoms with van der Waals surface area (Å²) in [6.45, 7) is 4.88. The number of likely N-dealkylation sites (N-methyl/N-ethyl adjacent to an activating group) is 1. The molecule has 2 aromatic rings. The number of nitrogens with one attached hydrogen (secondary N) is 1. The number of anilines is 2. The number of esters is 1. The largest absolute Gasteiger partial charge is 0.444 e. The lowest BCUT2D eigenvalue weighted by atomic mass is 9.74. The van der Waals surface area contributed by atoms with Crippen molar-refractivity contribution in [1.82, 2.24) is 0 Å². The molecule has 3 atom stereocenters. The predicted molar refractivity (Wildman–Crippen MR) is 121 cm³/mol. The van der Waals surface area contributed by atoms with Crippen LogP contribution in [0.4, 0.5) is 29.3 Å². The molecule has 0 saturated carbocycles. The second-order valence-electron chi connectivity index (χ2n) is 9.39. The summed E-state index contributed by atoms with van der Waals surface area (Å²) in [5, 5.41) is 2.49. The van der Waals surface area contributed by atoms with Crippen LogP contribution in [0.1, 0.15) is 37.8 Å². The van der Waals surface area contributed by atoms with Gasteiger partial charge in [-0.1, -0.05) is 29.8 Å². The monoisotopic (exact) mass is 510 g/mol. The molecule has 1 saturated heterocycles. The summed E-state index contributed by atoms with van der Waals surface area (Å²) in [4.78, 5) is 39.8. The van der Waals surface area contributed by atoms with E-state index in [1.54, 1.807) is 20.8 Å². The zero-order chi connectivity index (χ0) is 25.9. The van der Waals surface area contributed by atoms with Crippen LogP contribution < -0.4 is 10.2 Å². The van der Waals surface area contributed by atoms with Crippen molar-refractivity contribution in [2.45, 2.75) is 44.1 Å². The van der Waals surface area contributed by atoms with Gasteiger partial charge in [0.2, 0.25) is 5.60 Å². The molecule has 0 radical (unpaired) electrons. The Balaban J connectivity index is 1.87. The van der Waals surface area contributed by atoms with E-state index in [0.29, 0.717) is 0 Å². The summed E-state index contributed by atoms with van der Waals surface area (Å²) in [7, 11) is 1.30. The molecule has 0 aliphatic carbocycles.